The molecule has 0 heterocycles. The van der Waals surface area contributed by atoms with E-state index in [0.29, 0.717) is 6.42 Å². The molecule has 0 rings (SSSR count). The molecule has 0 bridgehead atoms. The van der Waals surface area contributed by atoms with Gasteiger partial charge in [0, 0.05) is 19.5 Å². The van der Waals surface area contributed by atoms with E-state index in [1.54, 1.807) is 7.05 Å². The van der Waals surface area contributed by atoms with Gasteiger partial charge < -0.3 is 21.6 Å². The minimum absolute atomic E-state index is 0.00759. The summed E-state index contributed by atoms with van der Waals surface area (Å²) in [5.41, 5.74) is 5.27. The minimum Gasteiger partial charge on any atom is -0.409 e. The molecule has 6 heteroatoms. The molecule has 1 unspecified atom stereocenters. The van der Waals surface area contributed by atoms with Gasteiger partial charge in [0.15, 0.2) is 0 Å². The topological polar surface area (TPSA) is 99.7 Å². The molecule has 0 saturated carbocycles. The van der Waals surface area contributed by atoms with Gasteiger partial charge in [-0.25, -0.2) is 0 Å². The SMILES string of the molecule is CNC(=O)CNC(C)CC(N)=NO. The number of amides is 1. The van der Waals surface area contributed by atoms with Crippen LogP contribution in [0, 0.1) is 0 Å². The van der Waals surface area contributed by atoms with E-state index in [4.69, 9.17) is 10.9 Å². The normalized spacial score (nSPS) is 13.8. The van der Waals surface area contributed by atoms with Crippen LogP contribution in [0.15, 0.2) is 5.16 Å². The van der Waals surface area contributed by atoms with E-state index in [0.717, 1.165) is 0 Å². The van der Waals surface area contributed by atoms with Crippen molar-refractivity contribution in [2.75, 3.05) is 13.6 Å². The average molecular weight is 188 g/mol. The molecule has 0 aliphatic rings. The summed E-state index contributed by atoms with van der Waals surface area (Å²) in [6.07, 6.45) is 0.410. The van der Waals surface area contributed by atoms with Gasteiger partial charge >= 0.3 is 0 Å². The first kappa shape index (κ1) is 11.7. The van der Waals surface area contributed by atoms with Gasteiger partial charge in [0.05, 0.1) is 6.54 Å². The second kappa shape index (κ2) is 6.24. The third-order valence-corrected chi connectivity index (χ3v) is 1.53. The fraction of sp³-hybridized carbons (Fsp3) is 0.714. The van der Waals surface area contributed by atoms with Crippen molar-refractivity contribution < 1.29 is 10.0 Å². The largest absolute Gasteiger partial charge is 0.409 e. The molecule has 5 N–H and O–H groups in total. The van der Waals surface area contributed by atoms with Crippen molar-refractivity contribution >= 4 is 11.7 Å². The molecule has 13 heavy (non-hydrogen) atoms. The molecular weight excluding hydrogens is 172 g/mol. The lowest BCUT2D eigenvalue weighted by Gasteiger charge is -2.11. The van der Waals surface area contributed by atoms with Crippen LogP contribution in [0.5, 0.6) is 0 Å². The fourth-order valence-corrected chi connectivity index (χ4v) is 0.782. The first-order valence-corrected chi connectivity index (χ1v) is 4.00. The van der Waals surface area contributed by atoms with Crippen LogP contribution in [0.25, 0.3) is 0 Å². The van der Waals surface area contributed by atoms with Gasteiger partial charge in [0.25, 0.3) is 0 Å². The molecule has 0 aliphatic carbocycles. The van der Waals surface area contributed by atoms with Crippen LogP contribution >= 0.6 is 0 Å². The standard InChI is InChI=1S/C7H16N4O2/c1-5(3-6(8)11-13)10-4-7(12)9-2/h5,10,13H,3-4H2,1-2H3,(H2,8,11)(H,9,12). The van der Waals surface area contributed by atoms with Gasteiger partial charge in [-0.05, 0) is 6.92 Å². The maximum atomic E-state index is 10.8. The Morgan fingerprint density at radius 3 is 2.77 bits per heavy atom. The molecule has 0 aromatic carbocycles. The number of carbonyl (C=O) groups excluding carboxylic acids is 1. The molecule has 0 aromatic rings. The Hall–Kier alpha value is -1.30. The predicted octanol–water partition coefficient (Wildman–Crippen LogP) is -1.15. The monoisotopic (exact) mass is 188 g/mol. The van der Waals surface area contributed by atoms with Crippen molar-refractivity contribution in [3.63, 3.8) is 0 Å². The second-order valence-corrected chi connectivity index (χ2v) is 2.75. The number of oxime groups is 1. The minimum atomic E-state index is -0.0913. The fourth-order valence-electron chi connectivity index (χ4n) is 0.782. The summed E-state index contributed by atoms with van der Waals surface area (Å²) in [4.78, 5) is 10.8. The summed E-state index contributed by atoms with van der Waals surface area (Å²) in [7, 11) is 1.57. The number of nitrogens with one attached hydrogen (secondary N) is 2. The molecule has 1 amide bonds. The van der Waals surface area contributed by atoms with Gasteiger partial charge in [0.2, 0.25) is 5.91 Å². The molecule has 0 aromatic heterocycles. The van der Waals surface area contributed by atoms with Crippen LogP contribution in [-0.2, 0) is 4.79 Å². The van der Waals surface area contributed by atoms with Crippen LogP contribution in [0.4, 0.5) is 0 Å². The molecule has 1 atom stereocenters. The summed E-state index contributed by atoms with van der Waals surface area (Å²) >= 11 is 0. The maximum Gasteiger partial charge on any atom is 0.233 e. The zero-order valence-corrected chi connectivity index (χ0v) is 7.87. The number of hydrogen-bond donors (Lipinski definition) is 4. The van der Waals surface area contributed by atoms with Gasteiger partial charge in [0.1, 0.15) is 5.84 Å². The highest BCUT2D eigenvalue weighted by atomic mass is 16.4. The van der Waals surface area contributed by atoms with Gasteiger partial charge in [-0.3, -0.25) is 4.79 Å². The third-order valence-electron chi connectivity index (χ3n) is 1.53. The van der Waals surface area contributed by atoms with Crippen molar-refractivity contribution in [1.82, 2.24) is 10.6 Å². The lowest BCUT2D eigenvalue weighted by Crippen LogP contribution is -2.38. The number of amidine groups is 1. The summed E-state index contributed by atoms with van der Waals surface area (Å²) in [5.74, 6) is 0.0586. The summed E-state index contributed by atoms with van der Waals surface area (Å²) in [6.45, 7) is 2.08. The van der Waals surface area contributed by atoms with Crippen molar-refractivity contribution in [1.29, 1.82) is 0 Å². The predicted molar refractivity (Wildman–Crippen MR) is 49.6 cm³/mol. The van der Waals surface area contributed by atoms with Crippen molar-refractivity contribution in [3.05, 3.63) is 0 Å². The van der Waals surface area contributed by atoms with E-state index in [9.17, 15) is 4.79 Å². The van der Waals surface area contributed by atoms with E-state index in [-0.39, 0.29) is 24.3 Å². The van der Waals surface area contributed by atoms with Gasteiger partial charge in [-0.2, -0.15) is 0 Å². The second-order valence-electron chi connectivity index (χ2n) is 2.75. The molecule has 0 radical (unpaired) electrons. The molecule has 0 aliphatic heterocycles. The van der Waals surface area contributed by atoms with Crippen molar-refractivity contribution in [3.8, 4) is 0 Å². The number of carbonyl (C=O) groups is 1. The molecule has 6 nitrogen and oxygen atoms in total. The molecule has 0 spiro atoms. The Morgan fingerprint density at radius 2 is 2.31 bits per heavy atom. The van der Waals surface area contributed by atoms with E-state index in [1.807, 2.05) is 6.92 Å². The average Bonchev–Trinajstić information content (AvgIpc) is 2.13. The number of likely N-dealkylation sites (N-methyl/N-ethyl adjacent to an activating group) is 1. The van der Waals surface area contributed by atoms with E-state index < -0.39 is 0 Å². The highest BCUT2D eigenvalue weighted by Gasteiger charge is 2.05. The quantitative estimate of drug-likeness (QED) is 0.189. The number of nitrogens with two attached hydrogens (primary N) is 1. The van der Waals surface area contributed by atoms with Crippen LogP contribution < -0.4 is 16.4 Å². The van der Waals surface area contributed by atoms with Crippen LogP contribution in [0.3, 0.4) is 0 Å². The molecular formula is C7H16N4O2. The first-order chi connectivity index (χ1) is 6.10. The Balaban J connectivity index is 3.63. The smallest absolute Gasteiger partial charge is 0.233 e. The molecule has 76 valence electrons. The summed E-state index contributed by atoms with van der Waals surface area (Å²) < 4.78 is 0. The number of hydrogen-bond acceptors (Lipinski definition) is 4. The molecule has 0 fully saturated rings. The van der Waals surface area contributed by atoms with Crippen LogP contribution in [0.2, 0.25) is 0 Å². The first-order valence-electron chi connectivity index (χ1n) is 4.00. The van der Waals surface area contributed by atoms with Crippen molar-refractivity contribution in [2.24, 2.45) is 10.9 Å². The number of rotatable bonds is 5. The van der Waals surface area contributed by atoms with Crippen LogP contribution in [-0.4, -0.2) is 36.6 Å². The Bertz CT molecular complexity index is 193. The Labute approximate surface area is 77.2 Å². The van der Waals surface area contributed by atoms with Gasteiger partial charge in [-0.15, -0.1) is 0 Å². The summed E-state index contributed by atoms with van der Waals surface area (Å²) in [6, 6.07) is 0.00759. The van der Waals surface area contributed by atoms with E-state index >= 15 is 0 Å². The van der Waals surface area contributed by atoms with E-state index in [2.05, 4.69) is 15.8 Å². The zero-order chi connectivity index (χ0) is 10.3. The zero-order valence-electron chi connectivity index (χ0n) is 7.87. The Kier molecular flexibility index (Phi) is 5.62. The Morgan fingerprint density at radius 1 is 1.69 bits per heavy atom. The van der Waals surface area contributed by atoms with Crippen LogP contribution in [0.1, 0.15) is 13.3 Å². The highest BCUT2D eigenvalue weighted by molar-refractivity contribution is 5.80. The lowest BCUT2D eigenvalue weighted by molar-refractivity contribution is -0.119. The van der Waals surface area contributed by atoms with Gasteiger partial charge in [-0.1, -0.05) is 5.16 Å². The lowest BCUT2D eigenvalue weighted by atomic mass is 10.2. The third kappa shape index (κ3) is 5.92. The number of nitrogens with zero attached hydrogens (tertiary/aromatic N) is 1. The van der Waals surface area contributed by atoms with Crippen molar-refractivity contribution in [2.45, 2.75) is 19.4 Å². The van der Waals surface area contributed by atoms with E-state index in [1.165, 1.54) is 0 Å². The summed E-state index contributed by atoms with van der Waals surface area (Å²) in [5, 5.41) is 16.5. The maximum absolute atomic E-state index is 10.8. The molecule has 0 saturated heterocycles. The highest BCUT2D eigenvalue weighted by Crippen LogP contribution is 1.89.